The summed E-state index contributed by atoms with van der Waals surface area (Å²) < 4.78 is 0. The lowest BCUT2D eigenvalue weighted by atomic mass is 9.71. The van der Waals surface area contributed by atoms with Crippen molar-refractivity contribution in [1.29, 1.82) is 0 Å². The van der Waals surface area contributed by atoms with Crippen LogP contribution in [0.2, 0.25) is 5.02 Å². The van der Waals surface area contributed by atoms with Gasteiger partial charge in [0.1, 0.15) is 5.82 Å². The number of aromatic nitrogens is 1. The monoisotopic (exact) mass is 312 g/mol. The number of anilines is 1. The van der Waals surface area contributed by atoms with Crippen molar-refractivity contribution in [2.24, 2.45) is 5.41 Å². The van der Waals surface area contributed by atoms with Crippen LogP contribution in [0.5, 0.6) is 0 Å². The van der Waals surface area contributed by atoms with Crippen LogP contribution in [0.3, 0.4) is 0 Å². The number of pyridine rings is 1. The summed E-state index contributed by atoms with van der Waals surface area (Å²) in [6.45, 7) is 4.77. The van der Waals surface area contributed by atoms with E-state index in [4.69, 9.17) is 16.7 Å². The minimum absolute atomic E-state index is 0.00549. The highest BCUT2D eigenvalue weighted by molar-refractivity contribution is 6.33. The third kappa shape index (κ3) is 4.08. The SMILES string of the molecule is CC1(C)CCC(O)(CNc2cc(C(=O)O)c(Cl)cn2)CC1. The van der Waals surface area contributed by atoms with Crippen LogP contribution in [0.25, 0.3) is 0 Å². The number of nitrogens with one attached hydrogen (secondary N) is 1. The summed E-state index contributed by atoms with van der Waals surface area (Å²) in [5.74, 6) is -0.682. The van der Waals surface area contributed by atoms with Crippen molar-refractivity contribution in [2.75, 3.05) is 11.9 Å². The summed E-state index contributed by atoms with van der Waals surface area (Å²) in [5.41, 5.74) is -0.479. The molecule has 21 heavy (non-hydrogen) atoms. The van der Waals surface area contributed by atoms with E-state index >= 15 is 0 Å². The maximum absolute atomic E-state index is 11.0. The summed E-state index contributed by atoms with van der Waals surface area (Å²) in [5, 5.41) is 22.7. The lowest BCUT2D eigenvalue weighted by Gasteiger charge is -2.40. The first-order valence-corrected chi connectivity index (χ1v) is 7.44. The van der Waals surface area contributed by atoms with E-state index in [0.29, 0.717) is 12.4 Å². The number of aromatic carboxylic acids is 1. The van der Waals surface area contributed by atoms with Gasteiger partial charge >= 0.3 is 5.97 Å². The highest BCUT2D eigenvalue weighted by Crippen LogP contribution is 2.40. The number of aliphatic hydroxyl groups is 1. The van der Waals surface area contributed by atoms with E-state index in [1.165, 1.54) is 12.3 Å². The molecule has 0 radical (unpaired) electrons. The molecule has 1 saturated carbocycles. The molecular weight excluding hydrogens is 292 g/mol. The molecule has 1 fully saturated rings. The lowest BCUT2D eigenvalue weighted by Crippen LogP contribution is -2.42. The second-order valence-corrected chi connectivity index (χ2v) is 7.00. The molecule has 1 aromatic rings. The number of carbonyl (C=O) groups is 1. The number of halogens is 1. The van der Waals surface area contributed by atoms with Crippen molar-refractivity contribution >= 4 is 23.4 Å². The van der Waals surface area contributed by atoms with Crippen LogP contribution in [0.4, 0.5) is 5.82 Å². The Labute approximate surface area is 129 Å². The Morgan fingerprint density at radius 3 is 2.57 bits per heavy atom. The van der Waals surface area contributed by atoms with E-state index in [0.717, 1.165) is 25.7 Å². The van der Waals surface area contributed by atoms with Crippen LogP contribution in [0, 0.1) is 5.41 Å². The standard InChI is InChI=1S/C15H21ClN2O3/c1-14(2)3-5-15(21,6-4-14)9-18-12-7-10(13(19)20)11(16)8-17-12/h7-8,21H,3-6,9H2,1-2H3,(H,17,18)(H,19,20). The van der Waals surface area contributed by atoms with Gasteiger partial charge in [-0.25, -0.2) is 9.78 Å². The lowest BCUT2D eigenvalue weighted by molar-refractivity contribution is -0.0145. The Bertz CT molecular complexity index is 536. The van der Waals surface area contributed by atoms with Crippen molar-refractivity contribution in [3.63, 3.8) is 0 Å². The average molecular weight is 313 g/mol. The van der Waals surface area contributed by atoms with Gasteiger partial charge in [-0.15, -0.1) is 0 Å². The van der Waals surface area contributed by atoms with E-state index in [9.17, 15) is 9.90 Å². The molecular formula is C15H21ClN2O3. The highest BCUT2D eigenvalue weighted by Gasteiger charge is 2.36. The Morgan fingerprint density at radius 1 is 1.38 bits per heavy atom. The zero-order chi connectivity index (χ0) is 15.7. The summed E-state index contributed by atoms with van der Waals surface area (Å²) in [7, 11) is 0. The largest absolute Gasteiger partial charge is 0.478 e. The number of nitrogens with zero attached hydrogens (tertiary/aromatic N) is 1. The second-order valence-electron chi connectivity index (χ2n) is 6.60. The van der Waals surface area contributed by atoms with Gasteiger partial charge < -0.3 is 15.5 Å². The zero-order valence-electron chi connectivity index (χ0n) is 12.3. The number of carboxylic acid groups (broad SMARTS) is 1. The fourth-order valence-electron chi connectivity index (χ4n) is 2.52. The maximum atomic E-state index is 11.0. The molecule has 5 nitrogen and oxygen atoms in total. The number of hydrogen-bond acceptors (Lipinski definition) is 4. The van der Waals surface area contributed by atoms with Crippen LogP contribution in [-0.4, -0.2) is 33.3 Å². The molecule has 0 unspecified atom stereocenters. The molecule has 0 atom stereocenters. The fraction of sp³-hybridized carbons (Fsp3) is 0.600. The molecule has 116 valence electrons. The van der Waals surface area contributed by atoms with Gasteiger partial charge in [-0.1, -0.05) is 25.4 Å². The van der Waals surface area contributed by atoms with Gasteiger partial charge in [-0.3, -0.25) is 0 Å². The average Bonchev–Trinajstić information content (AvgIpc) is 2.42. The smallest absolute Gasteiger partial charge is 0.337 e. The maximum Gasteiger partial charge on any atom is 0.337 e. The van der Waals surface area contributed by atoms with Crippen LogP contribution in [-0.2, 0) is 0 Å². The quantitative estimate of drug-likeness (QED) is 0.795. The Hall–Kier alpha value is -1.33. The van der Waals surface area contributed by atoms with Gasteiger partial charge in [0, 0.05) is 12.7 Å². The molecule has 1 aliphatic carbocycles. The normalized spacial score (nSPS) is 20.0. The van der Waals surface area contributed by atoms with Crippen LogP contribution >= 0.6 is 11.6 Å². The zero-order valence-corrected chi connectivity index (χ0v) is 13.1. The predicted molar refractivity (Wildman–Crippen MR) is 81.9 cm³/mol. The molecule has 0 amide bonds. The molecule has 0 saturated heterocycles. The van der Waals surface area contributed by atoms with E-state index < -0.39 is 11.6 Å². The molecule has 0 aromatic carbocycles. The molecule has 1 aromatic heterocycles. The number of hydrogen-bond donors (Lipinski definition) is 3. The van der Waals surface area contributed by atoms with Crippen LogP contribution < -0.4 is 5.32 Å². The topological polar surface area (TPSA) is 82.5 Å². The third-order valence-corrected chi connectivity index (χ3v) is 4.52. The third-order valence-electron chi connectivity index (χ3n) is 4.22. The van der Waals surface area contributed by atoms with E-state index in [2.05, 4.69) is 24.1 Å². The van der Waals surface area contributed by atoms with Gasteiger partial charge in [-0.05, 0) is 37.2 Å². The second kappa shape index (κ2) is 5.81. The van der Waals surface area contributed by atoms with E-state index in [1.54, 1.807) is 0 Å². The summed E-state index contributed by atoms with van der Waals surface area (Å²) in [6.07, 6.45) is 4.71. The fourth-order valence-corrected chi connectivity index (χ4v) is 2.71. The summed E-state index contributed by atoms with van der Waals surface area (Å²) in [6, 6.07) is 1.39. The number of rotatable bonds is 4. The Kier molecular flexibility index (Phi) is 4.44. The summed E-state index contributed by atoms with van der Waals surface area (Å²) in [4.78, 5) is 15.1. The molecule has 0 aliphatic heterocycles. The molecule has 0 spiro atoms. The molecule has 6 heteroatoms. The van der Waals surface area contributed by atoms with Gasteiger partial charge in [0.2, 0.25) is 0 Å². The minimum Gasteiger partial charge on any atom is -0.478 e. The van der Waals surface area contributed by atoms with Crippen molar-refractivity contribution in [1.82, 2.24) is 4.98 Å². The highest BCUT2D eigenvalue weighted by atomic mass is 35.5. The van der Waals surface area contributed by atoms with Crippen molar-refractivity contribution < 1.29 is 15.0 Å². The van der Waals surface area contributed by atoms with E-state index in [1.807, 2.05) is 0 Å². The number of carboxylic acids is 1. The van der Waals surface area contributed by atoms with Crippen LogP contribution in [0.15, 0.2) is 12.3 Å². The van der Waals surface area contributed by atoms with Crippen molar-refractivity contribution in [3.05, 3.63) is 22.8 Å². The van der Waals surface area contributed by atoms with Gasteiger partial charge in [0.15, 0.2) is 0 Å². The molecule has 2 rings (SSSR count). The Morgan fingerprint density at radius 2 is 2.00 bits per heavy atom. The van der Waals surface area contributed by atoms with Gasteiger partial charge in [0.05, 0.1) is 16.2 Å². The molecule has 3 N–H and O–H groups in total. The minimum atomic E-state index is -1.09. The first kappa shape index (κ1) is 16.0. The first-order valence-electron chi connectivity index (χ1n) is 7.06. The molecule has 1 heterocycles. The first-order chi connectivity index (χ1) is 9.71. The molecule has 0 bridgehead atoms. The molecule has 1 aliphatic rings. The van der Waals surface area contributed by atoms with E-state index in [-0.39, 0.29) is 16.0 Å². The summed E-state index contributed by atoms with van der Waals surface area (Å²) >= 11 is 5.78. The van der Waals surface area contributed by atoms with Crippen molar-refractivity contribution in [2.45, 2.75) is 45.1 Å². The van der Waals surface area contributed by atoms with Gasteiger partial charge in [-0.2, -0.15) is 0 Å². The van der Waals surface area contributed by atoms with Crippen LogP contribution in [0.1, 0.15) is 49.9 Å². The Balaban J connectivity index is 2.00. The predicted octanol–water partition coefficient (Wildman–Crippen LogP) is 3.18. The van der Waals surface area contributed by atoms with Crippen molar-refractivity contribution in [3.8, 4) is 0 Å². The van der Waals surface area contributed by atoms with Gasteiger partial charge in [0.25, 0.3) is 0 Å².